The number of hydrogen-bond donors (Lipinski definition) is 0. The van der Waals surface area contributed by atoms with Gasteiger partial charge < -0.3 is 9.64 Å². The number of amides is 1. The lowest BCUT2D eigenvalue weighted by molar-refractivity contribution is -0.137. The van der Waals surface area contributed by atoms with Crippen molar-refractivity contribution < 1.29 is 9.53 Å². The van der Waals surface area contributed by atoms with E-state index in [1.165, 1.54) is 12.8 Å². The Hall–Kier alpha value is -0.640. The van der Waals surface area contributed by atoms with Crippen molar-refractivity contribution in [1.82, 2.24) is 4.90 Å². The highest BCUT2D eigenvalue weighted by Crippen LogP contribution is 2.35. The fraction of sp³-hybridized carbons (Fsp3) is 0.727. The number of hydrogen-bond acceptors (Lipinski definition) is 3. The van der Waals surface area contributed by atoms with Gasteiger partial charge in [0.15, 0.2) is 0 Å². The Bertz CT molecular complexity index is 278. The maximum Gasteiger partial charge on any atom is 0.230 e. The number of carbonyl (C=O) groups is 1. The molecule has 0 unspecified atom stereocenters. The summed E-state index contributed by atoms with van der Waals surface area (Å²) >= 11 is 1.80. The van der Waals surface area contributed by atoms with E-state index in [0.29, 0.717) is 11.8 Å². The Labute approximate surface area is 94.8 Å². The third kappa shape index (κ3) is 2.48. The molecule has 1 atom stereocenters. The van der Waals surface area contributed by atoms with E-state index in [1.807, 2.05) is 6.20 Å². The lowest BCUT2D eigenvalue weighted by Gasteiger charge is -2.40. The lowest BCUT2D eigenvalue weighted by atomic mass is 10.2. The van der Waals surface area contributed by atoms with Gasteiger partial charge in [-0.3, -0.25) is 4.79 Å². The van der Waals surface area contributed by atoms with Crippen molar-refractivity contribution in [3.8, 4) is 0 Å². The van der Waals surface area contributed by atoms with E-state index in [4.69, 9.17) is 4.74 Å². The minimum Gasteiger partial charge on any atom is -0.496 e. The summed E-state index contributed by atoms with van der Waals surface area (Å²) < 4.78 is 5.63. The van der Waals surface area contributed by atoms with Crippen LogP contribution in [0.4, 0.5) is 0 Å². The fourth-order valence-electron chi connectivity index (χ4n) is 1.70. The number of carbonyl (C=O) groups excluding carboxylic acids is 1. The summed E-state index contributed by atoms with van der Waals surface area (Å²) in [6.07, 6.45) is 6.12. The van der Waals surface area contributed by atoms with Crippen molar-refractivity contribution in [3.05, 3.63) is 12.0 Å². The molecule has 84 valence electrons. The molecular formula is C11H17NO2S. The molecule has 0 aromatic carbocycles. The summed E-state index contributed by atoms with van der Waals surface area (Å²) in [5.74, 6) is 2.10. The Morgan fingerprint density at radius 2 is 2.47 bits per heavy atom. The minimum atomic E-state index is 0.224. The summed E-state index contributed by atoms with van der Waals surface area (Å²) in [5.41, 5.74) is 0. The first-order valence-electron chi connectivity index (χ1n) is 5.57. The van der Waals surface area contributed by atoms with Crippen LogP contribution in [-0.2, 0) is 9.53 Å². The Morgan fingerprint density at radius 1 is 1.60 bits per heavy atom. The highest BCUT2D eigenvalue weighted by molar-refractivity contribution is 8.00. The van der Waals surface area contributed by atoms with Crippen LogP contribution in [0, 0.1) is 0 Å². The van der Waals surface area contributed by atoms with Crippen LogP contribution in [0.2, 0.25) is 0 Å². The number of ether oxygens (including phenoxy) is 1. The molecule has 0 N–H and O–H groups in total. The average molecular weight is 227 g/mol. The van der Waals surface area contributed by atoms with Gasteiger partial charge in [0, 0.05) is 6.20 Å². The van der Waals surface area contributed by atoms with Gasteiger partial charge in [-0.05, 0) is 6.42 Å². The predicted molar refractivity (Wildman–Crippen MR) is 61.3 cm³/mol. The third-order valence-corrected chi connectivity index (χ3v) is 3.91. The van der Waals surface area contributed by atoms with E-state index in [2.05, 4.69) is 6.92 Å². The Balaban J connectivity index is 1.75. The molecule has 1 fully saturated rings. The Morgan fingerprint density at radius 3 is 3.20 bits per heavy atom. The molecule has 15 heavy (non-hydrogen) atoms. The fourth-order valence-corrected chi connectivity index (χ4v) is 2.81. The molecule has 1 amide bonds. The van der Waals surface area contributed by atoms with Crippen LogP contribution < -0.4 is 0 Å². The van der Waals surface area contributed by atoms with Crippen LogP contribution in [0.15, 0.2) is 12.0 Å². The van der Waals surface area contributed by atoms with Gasteiger partial charge in [0.05, 0.1) is 24.2 Å². The number of fused-ring (bicyclic) bond motifs is 1. The van der Waals surface area contributed by atoms with Crippen molar-refractivity contribution in [1.29, 1.82) is 0 Å². The van der Waals surface area contributed by atoms with Gasteiger partial charge in [0.2, 0.25) is 5.91 Å². The number of β-lactam (4-membered cyclic amide) rings is 1. The molecular weight excluding hydrogens is 210 g/mol. The van der Waals surface area contributed by atoms with Crippen LogP contribution in [0.1, 0.15) is 32.6 Å². The zero-order valence-corrected chi connectivity index (χ0v) is 9.89. The maximum atomic E-state index is 11.2. The van der Waals surface area contributed by atoms with Gasteiger partial charge in [0.1, 0.15) is 5.76 Å². The molecule has 4 heteroatoms. The van der Waals surface area contributed by atoms with Crippen molar-refractivity contribution in [3.63, 3.8) is 0 Å². The van der Waals surface area contributed by atoms with Crippen molar-refractivity contribution in [2.75, 3.05) is 12.4 Å². The van der Waals surface area contributed by atoms with Crippen LogP contribution in [-0.4, -0.2) is 28.5 Å². The monoisotopic (exact) mass is 227 g/mol. The number of nitrogens with zero attached hydrogens (tertiary/aromatic N) is 1. The SMILES string of the molecule is CCCCCOC1=CN2C(=O)C[C@@H]2SC1. The molecule has 0 bridgehead atoms. The predicted octanol–water partition coefficient (Wildman–Crippen LogP) is 2.34. The molecule has 2 aliphatic heterocycles. The highest BCUT2D eigenvalue weighted by atomic mass is 32.2. The lowest BCUT2D eigenvalue weighted by Crippen LogP contribution is -2.49. The van der Waals surface area contributed by atoms with E-state index in [1.54, 1.807) is 16.7 Å². The molecule has 0 saturated carbocycles. The topological polar surface area (TPSA) is 29.5 Å². The standard InChI is InChI=1S/C11H17NO2S/c1-2-3-4-5-14-9-7-12-10(13)6-11(12)15-8-9/h7,11H,2-6,8H2,1H3/t11-/m0/s1. The second-order valence-corrected chi connectivity index (χ2v) is 5.09. The average Bonchev–Trinajstić information content (AvgIpc) is 2.25. The highest BCUT2D eigenvalue weighted by Gasteiger charge is 2.38. The summed E-state index contributed by atoms with van der Waals surface area (Å²) in [6.45, 7) is 2.96. The van der Waals surface area contributed by atoms with E-state index in [-0.39, 0.29) is 5.91 Å². The van der Waals surface area contributed by atoms with Gasteiger partial charge in [0.25, 0.3) is 0 Å². The number of rotatable bonds is 5. The van der Waals surface area contributed by atoms with Crippen LogP contribution in [0.5, 0.6) is 0 Å². The molecule has 0 aromatic rings. The minimum absolute atomic E-state index is 0.224. The molecule has 3 nitrogen and oxygen atoms in total. The van der Waals surface area contributed by atoms with Crippen molar-refractivity contribution in [2.45, 2.75) is 38.0 Å². The van der Waals surface area contributed by atoms with E-state index in [0.717, 1.165) is 24.5 Å². The zero-order valence-electron chi connectivity index (χ0n) is 9.07. The quantitative estimate of drug-likeness (QED) is 0.533. The first-order valence-corrected chi connectivity index (χ1v) is 6.62. The third-order valence-electron chi connectivity index (χ3n) is 2.68. The summed E-state index contributed by atoms with van der Waals surface area (Å²) in [4.78, 5) is 13.0. The zero-order chi connectivity index (χ0) is 10.7. The molecule has 0 radical (unpaired) electrons. The largest absolute Gasteiger partial charge is 0.496 e. The summed E-state index contributed by atoms with van der Waals surface area (Å²) in [5, 5.41) is 0.389. The molecule has 2 aliphatic rings. The smallest absolute Gasteiger partial charge is 0.230 e. The van der Waals surface area contributed by atoms with Gasteiger partial charge >= 0.3 is 0 Å². The normalized spacial score (nSPS) is 24.3. The molecule has 0 spiro atoms. The second kappa shape index (κ2) is 4.92. The number of thioether (sulfide) groups is 1. The van der Waals surface area contributed by atoms with E-state index in [9.17, 15) is 4.79 Å². The molecule has 2 heterocycles. The second-order valence-electron chi connectivity index (χ2n) is 3.92. The first-order chi connectivity index (χ1) is 7.31. The Kier molecular flexibility index (Phi) is 3.57. The maximum absolute atomic E-state index is 11.2. The van der Waals surface area contributed by atoms with Gasteiger partial charge in [-0.2, -0.15) is 0 Å². The van der Waals surface area contributed by atoms with Crippen LogP contribution >= 0.6 is 11.8 Å². The van der Waals surface area contributed by atoms with Crippen molar-refractivity contribution >= 4 is 17.7 Å². The number of unbranched alkanes of at least 4 members (excludes halogenated alkanes) is 2. The van der Waals surface area contributed by atoms with Gasteiger partial charge in [-0.15, -0.1) is 11.8 Å². The van der Waals surface area contributed by atoms with E-state index < -0.39 is 0 Å². The van der Waals surface area contributed by atoms with Crippen molar-refractivity contribution in [2.24, 2.45) is 0 Å². The molecule has 2 rings (SSSR count). The van der Waals surface area contributed by atoms with E-state index >= 15 is 0 Å². The molecule has 0 aliphatic carbocycles. The summed E-state index contributed by atoms with van der Waals surface area (Å²) in [7, 11) is 0. The van der Waals surface area contributed by atoms with Crippen LogP contribution in [0.25, 0.3) is 0 Å². The first kappa shape index (κ1) is 10.9. The summed E-state index contributed by atoms with van der Waals surface area (Å²) in [6, 6.07) is 0. The molecule has 0 aromatic heterocycles. The van der Waals surface area contributed by atoms with Crippen LogP contribution in [0.3, 0.4) is 0 Å². The van der Waals surface area contributed by atoms with Gasteiger partial charge in [-0.25, -0.2) is 0 Å². The van der Waals surface area contributed by atoms with Gasteiger partial charge in [-0.1, -0.05) is 19.8 Å². The molecule has 1 saturated heterocycles.